The van der Waals surface area contributed by atoms with Crippen molar-refractivity contribution >= 4 is 64.0 Å². The molecule has 0 aromatic heterocycles. The predicted molar refractivity (Wildman–Crippen MR) is 73.8 cm³/mol. The van der Waals surface area contributed by atoms with E-state index < -0.39 is 5.97 Å². The van der Waals surface area contributed by atoms with E-state index >= 15 is 0 Å². The van der Waals surface area contributed by atoms with E-state index in [0.717, 1.165) is 0 Å². The highest BCUT2D eigenvalue weighted by Crippen LogP contribution is 2.48. The van der Waals surface area contributed by atoms with Gasteiger partial charge in [-0.3, -0.25) is 0 Å². The zero-order chi connectivity index (χ0) is 14.0. The second-order valence-corrected chi connectivity index (χ2v) is 4.99. The second-order valence-electron chi connectivity index (χ2n) is 3.10. The molecular weight excluding hydrogens is 345 g/mol. The van der Waals surface area contributed by atoms with Crippen molar-refractivity contribution in [3.8, 4) is 5.75 Å². The lowest BCUT2D eigenvalue weighted by atomic mass is 10.3. The summed E-state index contributed by atoms with van der Waals surface area (Å²) < 4.78 is 5.14. The van der Waals surface area contributed by atoms with Crippen LogP contribution in [-0.2, 0) is 4.79 Å². The standard InChI is InChI=1S/C10H5Cl5O3/c1-3(10(16)17)2-18-9-7(14)5(12)4(11)6(13)8(9)15/h1-2H2,(H,16,17). The first kappa shape index (κ1) is 15.7. The van der Waals surface area contributed by atoms with E-state index in [1.165, 1.54) is 0 Å². The van der Waals surface area contributed by atoms with Crippen LogP contribution in [-0.4, -0.2) is 17.7 Å². The number of rotatable bonds is 4. The average Bonchev–Trinajstić information content (AvgIpc) is 2.33. The van der Waals surface area contributed by atoms with Crippen LogP contribution in [0.2, 0.25) is 25.1 Å². The van der Waals surface area contributed by atoms with Crippen molar-refractivity contribution in [1.29, 1.82) is 0 Å². The summed E-state index contributed by atoms with van der Waals surface area (Å²) in [6.45, 7) is 2.97. The molecule has 0 aliphatic rings. The number of hydrogen-bond acceptors (Lipinski definition) is 2. The molecule has 0 amide bonds. The van der Waals surface area contributed by atoms with Crippen molar-refractivity contribution in [2.24, 2.45) is 0 Å². The van der Waals surface area contributed by atoms with Crippen molar-refractivity contribution in [1.82, 2.24) is 0 Å². The van der Waals surface area contributed by atoms with Gasteiger partial charge in [0.2, 0.25) is 0 Å². The van der Waals surface area contributed by atoms with Gasteiger partial charge in [-0.25, -0.2) is 4.79 Å². The third kappa shape index (κ3) is 3.16. The van der Waals surface area contributed by atoms with Crippen LogP contribution in [0.4, 0.5) is 0 Å². The van der Waals surface area contributed by atoms with Gasteiger partial charge in [-0.15, -0.1) is 0 Å². The van der Waals surface area contributed by atoms with Gasteiger partial charge in [0.15, 0.2) is 5.75 Å². The first-order valence-corrected chi connectivity index (χ1v) is 6.21. The van der Waals surface area contributed by atoms with E-state index in [9.17, 15) is 4.79 Å². The van der Waals surface area contributed by atoms with Crippen LogP contribution in [0.15, 0.2) is 12.2 Å². The Morgan fingerprint density at radius 3 is 1.78 bits per heavy atom. The van der Waals surface area contributed by atoms with Crippen LogP contribution in [0.1, 0.15) is 0 Å². The maximum absolute atomic E-state index is 10.6. The first-order valence-electron chi connectivity index (χ1n) is 4.32. The molecule has 0 heterocycles. The molecule has 0 saturated carbocycles. The molecule has 0 fully saturated rings. The lowest BCUT2D eigenvalue weighted by Crippen LogP contribution is -2.09. The Balaban J connectivity index is 3.11. The molecule has 3 nitrogen and oxygen atoms in total. The highest BCUT2D eigenvalue weighted by molar-refractivity contribution is 6.55. The van der Waals surface area contributed by atoms with Gasteiger partial charge in [0.05, 0.1) is 20.6 Å². The molecule has 0 saturated heterocycles. The Kier molecular flexibility index (Phi) is 5.44. The number of benzene rings is 1. The normalized spacial score (nSPS) is 10.3. The minimum atomic E-state index is -1.20. The summed E-state index contributed by atoms with van der Waals surface area (Å²) in [7, 11) is 0. The molecule has 0 aliphatic carbocycles. The fourth-order valence-electron chi connectivity index (χ4n) is 0.933. The van der Waals surface area contributed by atoms with Gasteiger partial charge < -0.3 is 9.84 Å². The number of carbonyl (C=O) groups is 1. The fraction of sp³-hybridized carbons (Fsp3) is 0.100. The molecule has 1 aromatic carbocycles. The van der Waals surface area contributed by atoms with Crippen LogP contribution in [0, 0.1) is 0 Å². The lowest BCUT2D eigenvalue weighted by Gasteiger charge is -2.13. The van der Waals surface area contributed by atoms with Gasteiger partial charge >= 0.3 is 5.97 Å². The number of hydrogen-bond donors (Lipinski definition) is 1. The predicted octanol–water partition coefficient (Wildman–Crippen LogP) is 4.97. The minimum absolute atomic E-state index is 0.00209. The van der Waals surface area contributed by atoms with E-state index in [1.807, 2.05) is 0 Å². The Bertz CT molecular complexity index is 498. The number of ether oxygens (including phenoxy) is 1. The minimum Gasteiger partial charge on any atom is -0.485 e. The van der Waals surface area contributed by atoms with E-state index in [2.05, 4.69) is 6.58 Å². The van der Waals surface area contributed by atoms with Gasteiger partial charge in [-0.2, -0.15) is 0 Å². The largest absolute Gasteiger partial charge is 0.485 e. The molecule has 0 radical (unpaired) electrons. The molecule has 1 aromatic rings. The van der Waals surface area contributed by atoms with Gasteiger partial charge in [0, 0.05) is 0 Å². The maximum Gasteiger partial charge on any atom is 0.334 e. The Morgan fingerprint density at radius 2 is 1.39 bits per heavy atom. The molecule has 0 spiro atoms. The number of aliphatic carboxylic acids is 1. The molecule has 0 aliphatic heterocycles. The lowest BCUT2D eigenvalue weighted by molar-refractivity contribution is -0.133. The third-order valence-corrected chi connectivity index (χ3v) is 4.10. The topological polar surface area (TPSA) is 46.5 Å². The van der Waals surface area contributed by atoms with E-state index in [0.29, 0.717) is 0 Å². The van der Waals surface area contributed by atoms with Crippen LogP contribution < -0.4 is 4.74 Å². The molecule has 0 unspecified atom stereocenters. The Labute approximate surface area is 128 Å². The zero-order valence-electron chi connectivity index (χ0n) is 8.57. The summed E-state index contributed by atoms with van der Waals surface area (Å²) in [6, 6.07) is 0. The molecule has 98 valence electrons. The molecule has 0 atom stereocenters. The van der Waals surface area contributed by atoms with Crippen LogP contribution >= 0.6 is 58.0 Å². The summed E-state index contributed by atoms with van der Waals surface area (Å²) in [6.07, 6.45) is 0. The summed E-state index contributed by atoms with van der Waals surface area (Å²) in [4.78, 5) is 10.6. The molecule has 18 heavy (non-hydrogen) atoms. The van der Waals surface area contributed by atoms with Crippen LogP contribution in [0.25, 0.3) is 0 Å². The summed E-state index contributed by atoms with van der Waals surface area (Å²) >= 11 is 29.2. The Morgan fingerprint density at radius 1 is 1.00 bits per heavy atom. The quantitative estimate of drug-likeness (QED) is 0.474. The van der Waals surface area contributed by atoms with Crippen LogP contribution in [0.5, 0.6) is 5.75 Å². The van der Waals surface area contributed by atoms with Crippen molar-refractivity contribution in [3.63, 3.8) is 0 Å². The van der Waals surface area contributed by atoms with E-state index in [4.69, 9.17) is 67.8 Å². The molecule has 1 rings (SSSR count). The third-order valence-electron chi connectivity index (χ3n) is 1.86. The number of halogens is 5. The molecule has 0 bridgehead atoms. The van der Waals surface area contributed by atoms with E-state index in [1.54, 1.807) is 0 Å². The fourth-order valence-corrected chi connectivity index (χ4v) is 2.16. The van der Waals surface area contributed by atoms with Gasteiger partial charge in [-0.05, 0) is 0 Å². The number of carboxylic acid groups (broad SMARTS) is 1. The average molecular weight is 350 g/mol. The zero-order valence-corrected chi connectivity index (χ0v) is 12.3. The SMILES string of the molecule is C=C(COc1c(Cl)c(Cl)c(Cl)c(Cl)c1Cl)C(=O)O. The summed E-state index contributed by atoms with van der Waals surface area (Å²) in [5, 5.41) is 8.49. The van der Waals surface area contributed by atoms with Crippen molar-refractivity contribution in [2.45, 2.75) is 0 Å². The van der Waals surface area contributed by atoms with Crippen molar-refractivity contribution < 1.29 is 14.6 Å². The summed E-state index contributed by atoms with van der Waals surface area (Å²) in [5.41, 5.74) is -0.177. The van der Waals surface area contributed by atoms with Gasteiger partial charge in [0.1, 0.15) is 16.7 Å². The monoisotopic (exact) mass is 348 g/mol. The van der Waals surface area contributed by atoms with Crippen molar-refractivity contribution in [2.75, 3.05) is 6.61 Å². The first-order chi connectivity index (χ1) is 8.27. The second kappa shape index (κ2) is 6.22. The number of carboxylic acids is 1. The van der Waals surface area contributed by atoms with Gasteiger partial charge in [-0.1, -0.05) is 64.6 Å². The highest BCUT2D eigenvalue weighted by Gasteiger charge is 2.21. The van der Waals surface area contributed by atoms with Gasteiger partial charge in [0.25, 0.3) is 0 Å². The smallest absolute Gasteiger partial charge is 0.334 e. The van der Waals surface area contributed by atoms with Crippen LogP contribution in [0.3, 0.4) is 0 Å². The van der Waals surface area contributed by atoms with Crippen molar-refractivity contribution in [3.05, 3.63) is 37.3 Å². The van der Waals surface area contributed by atoms with E-state index in [-0.39, 0.29) is 43.0 Å². The maximum atomic E-state index is 10.6. The highest BCUT2D eigenvalue weighted by atomic mass is 35.5. The Hall–Kier alpha value is -0.320. The molecule has 1 N–H and O–H groups in total. The molecule has 8 heteroatoms. The molecular formula is C10H5Cl5O3. The summed E-state index contributed by atoms with van der Waals surface area (Å²) in [5.74, 6) is -1.24.